The van der Waals surface area contributed by atoms with Crippen molar-refractivity contribution in [2.45, 2.75) is 19.0 Å². The number of halogens is 4. The molecule has 0 saturated carbocycles. The van der Waals surface area contributed by atoms with E-state index in [2.05, 4.69) is 4.98 Å². The highest BCUT2D eigenvalue weighted by atomic mass is 35.5. The first kappa shape index (κ1) is 11.1. The number of aryl methyl sites for hydroxylation is 1. The zero-order valence-electron chi connectivity index (χ0n) is 6.99. The highest BCUT2D eigenvalue weighted by Crippen LogP contribution is 2.21. The first-order valence-electron chi connectivity index (χ1n) is 3.83. The van der Waals surface area contributed by atoms with Gasteiger partial charge in [0.1, 0.15) is 0 Å². The number of aromatic nitrogens is 1. The van der Waals surface area contributed by atoms with Gasteiger partial charge in [-0.25, -0.2) is 0 Å². The van der Waals surface area contributed by atoms with Crippen molar-refractivity contribution in [2.24, 2.45) is 0 Å². The molecule has 1 rings (SSSR count). The second-order valence-corrected chi connectivity index (χ2v) is 3.13. The SMILES string of the molecule is O=C(Cl)c1ccc(CCC(F)(F)F)[nH]1. The number of carbonyl (C=O) groups is 1. The van der Waals surface area contributed by atoms with E-state index in [1.807, 2.05) is 0 Å². The van der Waals surface area contributed by atoms with Crippen molar-refractivity contribution in [3.05, 3.63) is 23.5 Å². The Bertz CT molecular complexity index is 332. The Kier molecular flexibility index (Phi) is 3.21. The second-order valence-electron chi connectivity index (χ2n) is 2.79. The number of rotatable bonds is 3. The molecule has 14 heavy (non-hydrogen) atoms. The van der Waals surface area contributed by atoms with Crippen LogP contribution in [0, 0.1) is 0 Å². The van der Waals surface area contributed by atoms with Crippen molar-refractivity contribution < 1.29 is 18.0 Å². The number of nitrogens with one attached hydrogen (secondary N) is 1. The summed E-state index contributed by atoms with van der Waals surface area (Å²) in [5, 5.41) is -0.705. The fourth-order valence-corrected chi connectivity index (χ4v) is 1.09. The molecule has 0 fully saturated rings. The highest BCUT2D eigenvalue weighted by Gasteiger charge is 2.26. The summed E-state index contributed by atoms with van der Waals surface area (Å²) in [7, 11) is 0. The molecule has 1 aromatic rings. The van der Waals surface area contributed by atoms with Crippen LogP contribution in [0.15, 0.2) is 12.1 Å². The summed E-state index contributed by atoms with van der Waals surface area (Å²) < 4.78 is 35.4. The van der Waals surface area contributed by atoms with E-state index in [4.69, 9.17) is 11.6 Å². The van der Waals surface area contributed by atoms with E-state index in [-0.39, 0.29) is 12.1 Å². The van der Waals surface area contributed by atoms with Crippen molar-refractivity contribution in [3.8, 4) is 0 Å². The third-order valence-electron chi connectivity index (χ3n) is 1.64. The van der Waals surface area contributed by atoms with E-state index in [1.54, 1.807) is 0 Å². The van der Waals surface area contributed by atoms with Gasteiger partial charge in [0.25, 0.3) is 5.24 Å². The van der Waals surface area contributed by atoms with Gasteiger partial charge in [-0.05, 0) is 30.2 Å². The molecule has 1 heterocycles. The Balaban J connectivity index is 2.56. The monoisotopic (exact) mass is 225 g/mol. The fourth-order valence-electron chi connectivity index (χ4n) is 0.977. The zero-order valence-corrected chi connectivity index (χ0v) is 7.74. The lowest BCUT2D eigenvalue weighted by molar-refractivity contribution is -0.134. The van der Waals surface area contributed by atoms with E-state index in [0.29, 0.717) is 5.69 Å². The van der Waals surface area contributed by atoms with E-state index in [9.17, 15) is 18.0 Å². The normalized spacial score (nSPS) is 11.7. The summed E-state index contributed by atoms with van der Waals surface area (Å²) in [6, 6.07) is 2.78. The topological polar surface area (TPSA) is 32.9 Å². The molecule has 0 spiro atoms. The van der Waals surface area contributed by atoms with Crippen molar-refractivity contribution in [1.29, 1.82) is 0 Å². The van der Waals surface area contributed by atoms with Crippen LogP contribution in [-0.4, -0.2) is 16.4 Å². The van der Waals surface area contributed by atoms with Crippen molar-refractivity contribution in [1.82, 2.24) is 4.98 Å². The molecule has 0 aromatic carbocycles. The Morgan fingerprint density at radius 2 is 2.07 bits per heavy atom. The van der Waals surface area contributed by atoms with Crippen LogP contribution in [0.3, 0.4) is 0 Å². The van der Waals surface area contributed by atoms with Crippen LogP contribution in [0.2, 0.25) is 0 Å². The van der Waals surface area contributed by atoms with E-state index < -0.39 is 17.8 Å². The first-order valence-corrected chi connectivity index (χ1v) is 4.21. The predicted molar refractivity (Wildman–Crippen MR) is 45.4 cm³/mol. The summed E-state index contributed by atoms with van der Waals surface area (Å²) in [6.07, 6.45) is -5.27. The predicted octanol–water partition coefficient (Wildman–Crippen LogP) is 2.89. The third-order valence-corrected chi connectivity index (χ3v) is 1.84. The molecule has 6 heteroatoms. The largest absolute Gasteiger partial charge is 0.389 e. The standard InChI is InChI=1S/C8H7ClF3NO/c9-7(14)6-2-1-5(13-6)3-4-8(10,11)12/h1-2,13H,3-4H2. The van der Waals surface area contributed by atoms with Gasteiger partial charge < -0.3 is 4.98 Å². The molecular weight excluding hydrogens is 219 g/mol. The van der Waals surface area contributed by atoms with Crippen LogP contribution >= 0.6 is 11.6 Å². The van der Waals surface area contributed by atoms with Gasteiger partial charge >= 0.3 is 6.18 Å². The molecule has 0 bridgehead atoms. The number of alkyl halides is 3. The van der Waals surface area contributed by atoms with Gasteiger partial charge in [-0.2, -0.15) is 13.2 Å². The summed E-state index contributed by atoms with van der Waals surface area (Å²) >= 11 is 5.11. The van der Waals surface area contributed by atoms with Crippen molar-refractivity contribution >= 4 is 16.8 Å². The van der Waals surface area contributed by atoms with Crippen LogP contribution in [0.25, 0.3) is 0 Å². The number of H-pyrrole nitrogens is 1. The molecule has 0 atom stereocenters. The van der Waals surface area contributed by atoms with Gasteiger partial charge in [-0.1, -0.05) is 0 Å². The Morgan fingerprint density at radius 3 is 2.50 bits per heavy atom. The van der Waals surface area contributed by atoms with Crippen molar-refractivity contribution in [2.75, 3.05) is 0 Å². The Hall–Kier alpha value is -0.970. The third kappa shape index (κ3) is 3.41. The van der Waals surface area contributed by atoms with Gasteiger partial charge in [-0.3, -0.25) is 4.79 Å². The minimum atomic E-state index is -4.18. The van der Waals surface area contributed by atoms with Crippen LogP contribution in [-0.2, 0) is 6.42 Å². The lowest BCUT2D eigenvalue weighted by Crippen LogP contribution is -2.08. The summed E-state index contributed by atoms with van der Waals surface area (Å²) in [4.78, 5) is 13.1. The van der Waals surface area contributed by atoms with Gasteiger partial charge in [0.2, 0.25) is 0 Å². The van der Waals surface area contributed by atoms with Crippen LogP contribution in [0.5, 0.6) is 0 Å². The van der Waals surface area contributed by atoms with Gasteiger partial charge in [0.15, 0.2) is 0 Å². The minimum absolute atomic E-state index is 0.115. The average molecular weight is 226 g/mol. The van der Waals surface area contributed by atoms with Crippen LogP contribution < -0.4 is 0 Å². The van der Waals surface area contributed by atoms with Gasteiger partial charge in [-0.15, -0.1) is 0 Å². The number of carbonyl (C=O) groups excluding carboxylic acids is 1. The second kappa shape index (κ2) is 4.04. The van der Waals surface area contributed by atoms with E-state index in [0.717, 1.165) is 0 Å². The summed E-state index contributed by atoms with van der Waals surface area (Å²) in [6.45, 7) is 0. The van der Waals surface area contributed by atoms with Crippen molar-refractivity contribution in [3.63, 3.8) is 0 Å². The molecule has 0 amide bonds. The summed E-state index contributed by atoms with van der Waals surface area (Å²) in [5.74, 6) is 0. The van der Waals surface area contributed by atoms with Gasteiger partial charge in [0.05, 0.1) is 5.69 Å². The lowest BCUT2D eigenvalue weighted by Gasteiger charge is -2.03. The highest BCUT2D eigenvalue weighted by molar-refractivity contribution is 6.67. The molecule has 0 aliphatic carbocycles. The van der Waals surface area contributed by atoms with Crippen LogP contribution in [0.4, 0.5) is 13.2 Å². The maximum absolute atomic E-state index is 11.8. The Labute approximate surface area is 83.1 Å². The molecule has 0 aliphatic heterocycles. The number of hydrogen-bond donors (Lipinski definition) is 1. The summed E-state index contributed by atoms with van der Waals surface area (Å²) in [5.41, 5.74) is 0.468. The maximum atomic E-state index is 11.8. The average Bonchev–Trinajstić information content (AvgIpc) is 2.47. The maximum Gasteiger partial charge on any atom is 0.389 e. The van der Waals surface area contributed by atoms with E-state index in [1.165, 1.54) is 12.1 Å². The molecule has 0 aliphatic rings. The molecule has 1 aromatic heterocycles. The molecule has 78 valence electrons. The van der Waals surface area contributed by atoms with Crippen LogP contribution in [0.1, 0.15) is 22.6 Å². The van der Waals surface area contributed by atoms with Gasteiger partial charge in [0, 0.05) is 12.1 Å². The molecule has 2 nitrogen and oxygen atoms in total. The molecule has 0 saturated heterocycles. The lowest BCUT2D eigenvalue weighted by atomic mass is 10.2. The Morgan fingerprint density at radius 1 is 1.43 bits per heavy atom. The minimum Gasteiger partial charge on any atom is -0.355 e. The quantitative estimate of drug-likeness (QED) is 0.789. The molecular formula is C8H7ClF3NO. The fraction of sp³-hybridized carbons (Fsp3) is 0.375. The molecule has 1 N–H and O–H groups in total. The number of aromatic amines is 1. The molecule has 0 unspecified atom stereocenters. The number of hydrogen-bond acceptors (Lipinski definition) is 1. The smallest absolute Gasteiger partial charge is 0.355 e. The molecule has 0 radical (unpaired) electrons. The zero-order chi connectivity index (χ0) is 10.8. The van der Waals surface area contributed by atoms with E-state index >= 15 is 0 Å². The first-order chi connectivity index (χ1) is 6.38.